The Hall–Kier alpha value is -1.88. The first-order valence-electron chi connectivity index (χ1n) is 6.88. The zero-order valence-electron chi connectivity index (χ0n) is 11.1. The first-order chi connectivity index (χ1) is 9.66. The van der Waals surface area contributed by atoms with E-state index in [1.807, 2.05) is 24.3 Å². The highest BCUT2D eigenvalue weighted by Crippen LogP contribution is 2.29. The third-order valence-corrected chi connectivity index (χ3v) is 4.01. The molecule has 2 atom stereocenters. The standard InChI is InChI=1S/C15H17NO4/c17-14(13-6-3-7-20-13)16-8-10-4-1-2-5-11(10)12(9-16)15(18)19/h1-2,4-5,12-13H,3,6-9H2,(H,18,19)/t12?,13-/m1/s1. The summed E-state index contributed by atoms with van der Waals surface area (Å²) in [6.45, 7) is 1.31. The lowest BCUT2D eigenvalue weighted by molar-refractivity contribution is -0.145. The second kappa shape index (κ2) is 5.25. The van der Waals surface area contributed by atoms with Gasteiger partial charge in [-0.1, -0.05) is 24.3 Å². The molecule has 1 unspecified atom stereocenters. The Bertz CT molecular complexity index is 536. The van der Waals surface area contributed by atoms with Crippen molar-refractivity contribution >= 4 is 11.9 Å². The Morgan fingerprint density at radius 2 is 2.10 bits per heavy atom. The summed E-state index contributed by atoms with van der Waals surface area (Å²) in [5.74, 6) is -1.61. The van der Waals surface area contributed by atoms with Gasteiger partial charge in [0.05, 0.1) is 5.92 Å². The van der Waals surface area contributed by atoms with Crippen LogP contribution in [0, 0.1) is 0 Å². The Balaban J connectivity index is 1.86. The number of carbonyl (C=O) groups excluding carboxylic acids is 1. The molecule has 1 aromatic carbocycles. The molecule has 1 aromatic rings. The summed E-state index contributed by atoms with van der Waals surface area (Å²) in [7, 11) is 0. The van der Waals surface area contributed by atoms with Gasteiger partial charge in [0.15, 0.2) is 0 Å². The summed E-state index contributed by atoms with van der Waals surface area (Å²) >= 11 is 0. The smallest absolute Gasteiger partial charge is 0.312 e. The molecule has 2 aliphatic rings. The van der Waals surface area contributed by atoms with Crippen LogP contribution in [0.1, 0.15) is 29.9 Å². The van der Waals surface area contributed by atoms with Crippen LogP contribution in [-0.4, -0.2) is 41.1 Å². The van der Waals surface area contributed by atoms with Crippen LogP contribution < -0.4 is 0 Å². The monoisotopic (exact) mass is 275 g/mol. The number of nitrogens with zero attached hydrogens (tertiary/aromatic N) is 1. The van der Waals surface area contributed by atoms with Crippen molar-refractivity contribution in [1.82, 2.24) is 4.90 Å². The van der Waals surface area contributed by atoms with Crippen LogP contribution in [0.4, 0.5) is 0 Å². The van der Waals surface area contributed by atoms with Gasteiger partial charge in [0.2, 0.25) is 0 Å². The molecule has 5 nitrogen and oxygen atoms in total. The third kappa shape index (κ3) is 2.29. The molecule has 1 fully saturated rings. The van der Waals surface area contributed by atoms with Crippen LogP contribution in [0.3, 0.4) is 0 Å². The lowest BCUT2D eigenvalue weighted by atomic mass is 9.89. The average Bonchev–Trinajstić information content (AvgIpc) is 2.99. The molecular formula is C15H17NO4. The summed E-state index contributed by atoms with van der Waals surface area (Å²) in [5.41, 5.74) is 1.73. The average molecular weight is 275 g/mol. The summed E-state index contributed by atoms with van der Waals surface area (Å²) < 4.78 is 5.41. The van der Waals surface area contributed by atoms with Gasteiger partial charge in [-0.2, -0.15) is 0 Å². The number of fused-ring (bicyclic) bond motifs is 1. The van der Waals surface area contributed by atoms with E-state index in [1.54, 1.807) is 4.90 Å². The van der Waals surface area contributed by atoms with Crippen LogP contribution in [0.25, 0.3) is 0 Å². The molecule has 0 aromatic heterocycles. The number of hydrogen-bond donors (Lipinski definition) is 1. The van der Waals surface area contributed by atoms with E-state index in [0.717, 1.165) is 24.0 Å². The number of hydrogen-bond acceptors (Lipinski definition) is 3. The summed E-state index contributed by atoms with van der Waals surface area (Å²) in [4.78, 5) is 25.4. The summed E-state index contributed by atoms with van der Waals surface area (Å²) in [6, 6.07) is 7.44. The molecule has 0 spiro atoms. The van der Waals surface area contributed by atoms with E-state index >= 15 is 0 Å². The summed E-state index contributed by atoms with van der Waals surface area (Å²) in [5, 5.41) is 9.38. The normalized spacial score (nSPS) is 25.3. The molecule has 2 aliphatic heterocycles. The molecule has 0 saturated carbocycles. The number of carbonyl (C=O) groups is 2. The molecule has 1 N–H and O–H groups in total. The molecule has 1 amide bonds. The SMILES string of the molecule is O=C(O)C1CN(C(=O)[C@H]2CCCO2)Cc2ccccc21. The highest BCUT2D eigenvalue weighted by atomic mass is 16.5. The maximum absolute atomic E-state index is 12.4. The first kappa shape index (κ1) is 13.1. The van der Waals surface area contributed by atoms with Gasteiger partial charge in [0.1, 0.15) is 6.10 Å². The van der Waals surface area contributed by atoms with Gasteiger partial charge < -0.3 is 14.7 Å². The van der Waals surface area contributed by atoms with Crippen LogP contribution in [0.2, 0.25) is 0 Å². The van der Waals surface area contributed by atoms with E-state index in [2.05, 4.69) is 0 Å². The number of benzene rings is 1. The highest BCUT2D eigenvalue weighted by molar-refractivity contribution is 5.84. The molecule has 3 rings (SSSR count). The first-order valence-corrected chi connectivity index (χ1v) is 6.88. The second-order valence-electron chi connectivity index (χ2n) is 5.31. The molecule has 5 heteroatoms. The van der Waals surface area contributed by atoms with E-state index in [0.29, 0.717) is 13.2 Å². The van der Waals surface area contributed by atoms with Crippen molar-refractivity contribution < 1.29 is 19.4 Å². The quantitative estimate of drug-likeness (QED) is 0.885. The van der Waals surface area contributed by atoms with Crippen LogP contribution in [0.15, 0.2) is 24.3 Å². The fourth-order valence-corrected chi connectivity index (χ4v) is 2.96. The van der Waals surface area contributed by atoms with Crippen LogP contribution in [0.5, 0.6) is 0 Å². The minimum Gasteiger partial charge on any atom is -0.481 e. The van der Waals surface area contributed by atoms with Gasteiger partial charge in [0, 0.05) is 19.7 Å². The fourth-order valence-electron chi connectivity index (χ4n) is 2.96. The minimum atomic E-state index is -0.887. The van der Waals surface area contributed by atoms with Crippen LogP contribution in [-0.2, 0) is 20.9 Å². The third-order valence-electron chi connectivity index (χ3n) is 4.01. The fraction of sp³-hybridized carbons (Fsp3) is 0.467. The Labute approximate surface area is 117 Å². The number of amides is 1. The van der Waals surface area contributed by atoms with Gasteiger partial charge in [-0.05, 0) is 24.0 Å². The number of aliphatic carboxylic acids is 1. The number of ether oxygens (including phenoxy) is 1. The van der Waals surface area contributed by atoms with Gasteiger partial charge >= 0.3 is 5.97 Å². The van der Waals surface area contributed by atoms with Gasteiger partial charge in [0.25, 0.3) is 5.91 Å². The van der Waals surface area contributed by atoms with Crippen molar-refractivity contribution in [2.45, 2.75) is 31.4 Å². The number of rotatable bonds is 2. The molecule has 2 heterocycles. The van der Waals surface area contributed by atoms with Gasteiger partial charge in [-0.25, -0.2) is 0 Å². The molecule has 0 aliphatic carbocycles. The minimum absolute atomic E-state index is 0.0803. The molecule has 0 radical (unpaired) electrons. The molecule has 0 bridgehead atoms. The largest absolute Gasteiger partial charge is 0.481 e. The van der Waals surface area contributed by atoms with E-state index in [4.69, 9.17) is 4.74 Å². The lowest BCUT2D eigenvalue weighted by Gasteiger charge is -2.34. The van der Waals surface area contributed by atoms with Crippen molar-refractivity contribution in [3.05, 3.63) is 35.4 Å². The summed E-state index contributed by atoms with van der Waals surface area (Å²) in [6.07, 6.45) is 1.23. The van der Waals surface area contributed by atoms with Gasteiger partial charge in [-0.3, -0.25) is 9.59 Å². The van der Waals surface area contributed by atoms with Crippen molar-refractivity contribution in [2.24, 2.45) is 0 Å². The molecule has 1 saturated heterocycles. The van der Waals surface area contributed by atoms with E-state index < -0.39 is 18.0 Å². The zero-order valence-corrected chi connectivity index (χ0v) is 11.1. The van der Waals surface area contributed by atoms with Crippen molar-refractivity contribution in [2.75, 3.05) is 13.2 Å². The Morgan fingerprint density at radius 1 is 1.30 bits per heavy atom. The molecular weight excluding hydrogens is 258 g/mol. The lowest BCUT2D eigenvalue weighted by Crippen LogP contribution is -2.44. The Morgan fingerprint density at radius 3 is 2.80 bits per heavy atom. The predicted molar refractivity (Wildman–Crippen MR) is 71.2 cm³/mol. The zero-order chi connectivity index (χ0) is 14.1. The molecule has 20 heavy (non-hydrogen) atoms. The van der Waals surface area contributed by atoms with Crippen LogP contribution >= 0.6 is 0 Å². The van der Waals surface area contributed by atoms with E-state index in [-0.39, 0.29) is 12.5 Å². The highest BCUT2D eigenvalue weighted by Gasteiger charge is 2.36. The predicted octanol–water partition coefficient (Wildman–Crippen LogP) is 1.38. The van der Waals surface area contributed by atoms with Crippen molar-refractivity contribution in [3.8, 4) is 0 Å². The maximum Gasteiger partial charge on any atom is 0.312 e. The van der Waals surface area contributed by atoms with Gasteiger partial charge in [-0.15, -0.1) is 0 Å². The van der Waals surface area contributed by atoms with Crippen molar-refractivity contribution in [3.63, 3.8) is 0 Å². The Kier molecular flexibility index (Phi) is 3.44. The van der Waals surface area contributed by atoms with E-state index in [9.17, 15) is 14.7 Å². The van der Waals surface area contributed by atoms with E-state index in [1.165, 1.54) is 0 Å². The number of carboxylic acid groups (broad SMARTS) is 1. The van der Waals surface area contributed by atoms with Crippen molar-refractivity contribution in [1.29, 1.82) is 0 Å². The maximum atomic E-state index is 12.4. The topological polar surface area (TPSA) is 66.8 Å². The number of carboxylic acids is 1. The molecule has 106 valence electrons. The second-order valence-corrected chi connectivity index (χ2v) is 5.31.